The Morgan fingerprint density at radius 1 is 1.34 bits per heavy atom. The van der Waals surface area contributed by atoms with Gasteiger partial charge in [-0.3, -0.25) is 4.79 Å². The van der Waals surface area contributed by atoms with Gasteiger partial charge in [0.1, 0.15) is 17.6 Å². The fourth-order valence-corrected chi connectivity index (χ4v) is 4.26. The number of carboxylic acids is 1. The van der Waals surface area contributed by atoms with Crippen LogP contribution < -0.4 is 5.32 Å². The third kappa shape index (κ3) is 4.81. The molecule has 3 rings (SSSR count). The first-order valence-electron chi connectivity index (χ1n) is 9.57. The van der Waals surface area contributed by atoms with E-state index in [9.17, 15) is 36.6 Å². The lowest BCUT2D eigenvalue weighted by atomic mass is 10.1. The zero-order chi connectivity index (χ0) is 23.8. The van der Waals surface area contributed by atoms with Crippen LogP contribution in [0.1, 0.15) is 59.0 Å². The summed E-state index contributed by atoms with van der Waals surface area (Å²) in [5.41, 5.74) is -1.25. The van der Waals surface area contributed by atoms with Crippen molar-refractivity contribution in [1.82, 2.24) is 14.9 Å². The number of rotatable bonds is 6. The third-order valence-corrected chi connectivity index (χ3v) is 6.17. The summed E-state index contributed by atoms with van der Waals surface area (Å²) in [6, 6.07) is -1.41. The van der Waals surface area contributed by atoms with E-state index in [0.717, 1.165) is 32.0 Å². The summed E-state index contributed by atoms with van der Waals surface area (Å²) in [6.07, 6.45) is -5.38. The van der Waals surface area contributed by atoms with Gasteiger partial charge in [0.15, 0.2) is 0 Å². The van der Waals surface area contributed by atoms with Crippen molar-refractivity contribution >= 4 is 29.0 Å². The number of aromatic carboxylic acids is 1. The Morgan fingerprint density at radius 2 is 2.03 bits per heavy atom. The number of aromatic nitrogens is 2. The normalized spacial score (nSPS) is 17.6. The lowest BCUT2D eigenvalue weighted by molar-refractivity contribution is -0.138. The summed E-state index contributed by atoms with van der Waals surface area (Å²) in [7, 11) is 0. The van der Waals surface area contributed by atoms with Crippen LogP contribution in [-0.4, -0.2) is 56.7 Å². The number of nitrogens with one attached hydrogen (secondary N) is 1. The molecule has 0 unspecified atom stereocenters. The lowest BCUT2D eigenvalue weighted by Crippen LogP contribution is -2.34. The molecule has 0 spiro atoms. The number of likely N-dealkylation sites (tertiary alicyclic amines) is 1. The lowest BCUT2D eigenvalue weighted by Gasteiger charge is -2.21. The van der Waals surface area contributed by atoms with E-state index in [1.165, 1.54) is 4.90 Å². The average Bonchev–Trinajstić information content (AvgIpc) is 3.33. The number of halogens is 5. The number of carboxylic acid groups (broad SMARTS) is 1. The molecule has 2 aromatic rings. The standard InChI is InChI=1S/C19H19F5N4O3S/c1-8-4-3-5-28(8)17(29)13-14(32-16(27-13)18(30)31)11-7-25-12(6-10(11)15(20)21)26-9(2)19(22,23)24/h6-9,15H,3-5H2,1-2H3,(H,25,26)(H,30,31)/t8-,9-/m0/s1. The van der Waals surface area contributed by atoms with Gasteiger partial charge in [0.05, 0.1) is 4.88 Å². The summed E-state index contributed by atoms with van der Waals surface area (Å²) < 4.78 is 66.0. The Balaban J connectivity index is 2.08. The molecule has 0 saturated carbocycles. The van der Waals surface area contributed by atoms with Crippen molar-refractivity contribution in [3.63, 3.8) is 0 Å². The predicted molar refractivity (Wildman–Crippen MR) is 106 cm³/mol. The van der Waals surface area contributed by atoms with E-state index in [0.29, 0.717) is 17.9 Å². The van der Waals surface area contributed by atoms with Crippen LogP contribution in [0.2, 0.25) is 0 Å². The van der Waals surface area contributed by atoms with Crippen molar-refractivity contribution < 1.29 is 36.6 Å². The minimum absolute atomic E-state index is 0.121. The van der Waals surface area contributed by atoms with Crippen molar-refractivity contribution in [3.8, 4) is 10.4 Å². The maximum absolute atomic E-state index is 13.8. The topological polar surface area (TPSA) is 95.4 Å². The number of hydrogen-bond acceptors (Lipinski definition) is 6. The van der Waals surface area contributed by atoms with Crippen molar-refractivity contribution in [2.75, 3.05) is 11.9 Å². The van der Waals surface area contributed by atoms with E-state index in [2.05, 4.69) is 9.97 Å². The molecule has 2 N–H and O–H groups in total. The first kappa shape index (κ1) is 23.8. The van der Waals surface area contributed by atoms with Crippen LogP contribution in [-0.2, 0) is 0 Å². The van der Waals surface area contributed by atoms with Gasteiger partial charge in [-0.1, -0.05) is 0 Å². The molecule has 2 atom stereocenters. The highest BCUT2D eigenvalue weighted by Crippen LogP contribution is 2.39. The first-order valence-corrected chi connectivity index (χ1v) is 10.4. The Morgan fingerprint density at radius 3 is 2.56 bits per heavy atom. The van der Waals surface area contributed by atoms with Crippen molar-refractivity contribution in [3.05, 3.63) is 28.5 Å². The molecule has 1 fully saturated rings. The van der Waals surface area contributed by atoms with Crippen molar-refractivity contribution in [2.24, 2.45) is 0 Å². The highest BCUT2D eigenvalue weighted by molar-refractivity contribution is 7.17. The molecule has 32 heavy (non-hydrogen) atoms. The quantitative estimate of drug-likeness (QED) is 0.578. The number of pyridine rings is 1. The van der Waals surface area contributed by atoms with Crippen LogP contribution in [0.25, 0.3) is 10.4 Å². The number of alkyl halides is 5. The van der Waals surface area contributed by atoms with Gasteiger partial charge in [-0.15, -0.1) is 11.3 Å². The second kappa shape index (κ2) is 8.96. The van der Waals surface area contributed by atoms with Gasteiger partial charge in [-0.2, -0.15) is 13.2 Å². The van der Waals surface area contributed by atoms with Gasteiger partial charge >= 0.3 is 12.1 Å². The Bertz CT molecular complexity index is 1030. The summed E-state index contributed by atoms with van der Waals surface area (Å²) >= 11 is 0.533. The first-order chi connectivity index (χ1) is 14.9. The molecule has 7 nitrogen and oxygen atoms in total. The van der Waals surface area contributed by atoms with Crippen LogP contribution in [0.5, 0.6) is 0 Å². The van der Waals surface area contributed by atoms with Gasteiger partial charge in [-0.05, 0) is 32.8 Å². The van der Waals surface area contributed by atoms with E-state index in [-0.39, 0.29) is 22.2 Å². The molecule has 174 valence electrons. The second-order valence-electron chi connectivity index (χ2n) is 7.36. The number of amides is 1. The van der Waals surface area contributed by atoms with E-state index in [1.807, 2.05) is 12.2 Å². The number of nitrogens with zero attached hydrogens (tertiary/aromatic N) is 3. The Hall–Kier alpha value is -2.83. The summed E-state index contributed by atoms with van der Waals surface area (Å²) in [6.45, 7) is 3.04. The Kier molecular flexibility index (Phi) is 6.67. The highest BCUT2D eigenvalue weighted by atomic mass is 32.1. The van der Waals surface area contributed by atoms with Crippen molar-refractivity contribution in [2.45, 2.75) is 51.4 Å². The number of hydrogen-bond donors (Lipinski definition) is 2. The maximum Gasteiger partial charge on any atom is 0.408 e. The summed E-state index contributed by atoms with van der Waals surface area (Å²) in [5.74, 6) is -2.46. The average molecular weight is 478 g/mol. The van der Waals surface area contributed by atoms with E-state index < -0.39 is 46.9 Å². The van der Waals surface area contributed by atoms with Crippen LogP contribution in [0.3, 0.4) is 0 Å². The van der Waals surface area contributed by atoms with Crippen LogP contribution >= 0.6 is 11.3 Å². The van der Waals surface area contributed by atoms with Gasteiger partial charge < -0.3 is 15.3 Å². The number of carbonyl (C=O) groups is 2. The van der Waals surface area contributed by atoms with Gasteiger partial charge in [0.25, 0.3) is 12.3 Å². The number of anilines is 1. The molecule has 0 aromatic carbocycles. The minimum atomic E-state index is -4.62. The molecule has 3 heterocycles. The zero-order valence-electron chi connectivity index (χ0n) is 16.9. The molecule has 0 radical (unpaired) electrons. The van der Waals surface area contributed by atoms with Gasteiger partial charge in [0, 0.05) is 29.9 Å². The van der Waals surface area contributed by atoms with Crippen LogP contribution in [0.4, 0.5) is 27.8 Å². The molecular weight excluding hydrogens is 459 g/mol. The van der Waals surface area contributed by atoms with Crippen LogP contribution in [0.15, 0.2) is 12.3 Å². The molecule has 0 aliphatic carbocycles. The highest BCUT2D eigenvalue weighted by Gasteiger charge is 2.37. The number of thiazole rings is 1. The fraction of sp³-hybridized carbons (Fsp3) is 0.474. The monoisotopic (exact) mass is 478 g/mol. The zero-order valence-corrected chi connectivity index (χ0v) is 17.7. The molecule has 0 bridgehead atoms. The fourth-order valence-electron chi connectivity index (χ4n) is 3.33. The predicted octanol–water partition coefficient (Wildman–Crippen LogP) is 4.83. The number of carbonyl (C=O) groups excluding carboxylic acids is 1. The van der Waals surface area contributed by atoms with E-state index in [4.69, 9.17) is 0 Å². The maximum atomic E-state index is 13.8. The molecule has 13 heteroatoms. The smallest absolute Gasteiger partial charge is 0.408 e. The summed E-state index contributed by atoms with van der Waals surface area (Å²) in [5, 5.41) is 10.9. The molecule has 1 aliphatic heterocycles. The Labute approximate surface area is 183 Å². The van der Waals surface area contributed by atoms with E-state index in [1.54, 1.807) is 0 Å². The molecule has 1 saturated heterocycles. The molecule has 1 aliphatic rings. The minimum Gasteiger partial charge on any atom is -0.476 e. The molecule has 2 aromatic heterocycles. The molecule has 1 amide bonds. The largest absolute Gasteiger partial charge is 0.476 e. The SMILES string of the molecule is C[C@H](Nc1cc(C(F)F)c(-c2sc(C(=O)O)nc2C(=O)N2CCC[C@@H]2C)cn1)C(F)(F)F. The third-order valence-electron chi connectivity index (χ3n) is 5.10. The second-order valence-corrected chi connectivity index (χ2v) is 8.36. The van der Waals surface area contributed by atoms with Gasteiger partial charge in [0.2, 0.25) is 5.01 Å². The molecular formula is C19H19F5N4O3S. The van der Waals surface area contributed by atoms with Crippen molar-refractivity contribution in [1.29, 1.82) is 0 Å². The van der Waals surface area contributed by atoms with Crippen LogP contribution in [0, 0.1) is 0 Å². The summed E-state index contributed by atoms with van der Waals surface area (Å²) in [4.78, 5) is 33.5. The van der Waals surface area contributed by atoms with E-state index >= 15 is 0 Å². The van der Waals surface area contributed by atoms with Gasteiger partial charge in [-0.25, -0.2) is 23.5 Å².